The molecular weight excluding hydrogens is 553 g/mol. The Bertz CT molecular complexity index is 2630. The monoisotopic (exact) mass is 580 g/mol. The lowest BCUT2D eigenvalue weighted by atomic mass is 9.85. The van der Waals surface area contributed by atoms with E-state index in [-0.39, 0.29) is 0 Å². The van der Waals surface area contributed by atoms with Crippen LogP contribution in [0.1, 0.15) is 0 Å². The summed E-state index contributed by atoms with van der Waals surface area (Å²) in [5.41, 5.74) is 12.9. The first-order valence-electron chi connectivity index (χ1n) is 16.0. The molecule has 46 heavy (non-hydrogen) atoms. The molecule has 0 aliphatic heterocycles. The Kier molecular flexibility index (Phi) is 5.38. The Morgan fingerprint density at radius 3 is 1.46 bits per heavy atom. The highest BCUT2D eigenvalue weighted by Gasteiger charge is 2.22. The lowest BCUT2D eigenvalue weighted by Gasteiger charge is -2.18. The predicted molar refractivity (Wildman–Crippen MR) is 197 cm³/mol. The minimum atomic E-state index is 1.23. The molecule has 0 fully saturated rings. The van der Waals surface area contributed by atoms with Crippen molar-refractivity contribution in [2.24, 2.45) is 0 Å². The lowest BCUT2D eigenvalue weighted by Crippen LogP contribution is -1.91. The van der Waals surface area contributed by atoms with Gasteiger partial charge in [-0.2, -0.15) is 0 Å². The highest BCUT2D eigenvalue weighted by atomic mass is 14.3. The molecule has 0 atom stereocenters. The van der Waals surface area contributed by atoms with Crippen molar-refractivity contribution in [3.63, 3.8) is 0 Å². The smallest absolute Gasteiger partial charge is 0.00259 e. The minimum absolute atomic E-state index is 1.23. The third-order valence-electron chi connectivity index (χ3n) is 9.94. The maximum absolute atomic E-state index is 2.40. The maximum Gasteiger partial charge on any atom is -0.00259 e. The second-order valence-electron chi connectivity index (χ2n) is 12.5. The molecule has 0 nitrogen and oxygen atoms in total. The van der Waals surface area contributed by atoms with Gasteiger partial charge in [-0.1, -0.05) is 146 Å². The lowest BCUT2D eigenvalue weighted by molar-refractivity contribution is 1.63. The zero-order chi connectivity index (χ0) is 30.2. The SMILES string of the molecule is c1cc(-c2cc3c4c(cccc4c2)-c2ccccc2-3)cc(-c2c3ccccc3c(-c3ccc4ccccc4c3)c3ccccc23)c1. The topological polar surface area (TPSA) is 0 Å². The summed E-state index contributed by atoms with van der Waals surface area (Å²) < 4.78 is 0. The van der Waals surface area contributed by atoms with Gasteiger partial charge in [0.15, 0.2) is 0 Å². The summed E-state index contributed by atoms with van der Waals surface area (Å²) in [6.45, 7) is 0. The van der Waals surface area contributed by atoms with Crippen molar-refractivity contribution in [2.75, 3.05) is 0 Å². The van der Waals surface area contributed by atoms with Gasteiger partial charge >= 0.3 is 0 Å². The van der Waals surface area contributed by atoms with Gasteiger partial charge in [-0.05, 0) is 123 Å². The average molecular weight is 581 g/mol. The van der Waals surface area contributed by atoms with Gasteiger partial charge in [-0.3, -0.25) is 0 Å². The highest BCUT2D eigenvalue weighted by molar-refractivity contribution is 6.22. The van der Waals surface area contributed by atoms with Crippen LogP contribution >= 0.6 is 0 Å². The van der Waals surface area contributed by atoms with E-state index in [1.807, 2.05) is 0 Å². The average Bonchev–Trinajstić information content (AvgIpc) is 3.45. The molecule has 10 rings (SSSR count). The van der Waals surface area contributed by atoms with E-state index in [0.29, 0.717) is 0 Å². The quantitative estimate of drug-likeness (QED) is 0.182. The zero-order valence-electron chi connectivity index (χ0n) is 25.2. The van der Waals surface area contributed by atoms with Crippen molar-refractivity contribution in [1.29, 1.82) is 0 Å². The van der Waals surface area contributed by atoms with Crippen LogP contribution in [-0.2, 0) is 0 Å². The molecule has 0 radical (unpaired) electrons. The van der Waals surface area contributed by atoms with Crippen LogP contribution in [0.5, 0.6) is 0 Å². The van der Waals surface area contributed by atoms with Gasteiger partial charge in [-0.15, -0.1) is 0 Å². The van der Waals surface area contributed by atoms with E-state index in [2.05, 4.69) is 170 Å². The standard InChI is InChI=1S/C46H28/c1-2-12-30-25-34(24-23-29(30)11-1)45-41-20-7-5-18-39(41)44(40-19-6-8-21-42(40)45)32-14-9-13-31(26-32)35-27-33-15-10-22-38-36-16-3-4-17-37(36)43(28-35)46(33)38/h1-28H. The molecule has 0 heteroatoms. The number of benzene rings is 9. The normalized spacial score (nSPS) is 11.9. The molecule has 9 aromatic rings. The van der Waals surface area contributed by atoms with Crippen LogP contribution in [0.2, 0.25) is 0 Å². The van der Waals surface area contributed by atoms with Gasteiger partial charge in [0.25, 0.3) is 0 Å². The van der Waals surface area contributed by atoms with Crippen molar-refractivity contribution in [1.82, 2.24) is 0 Å². The summed E-state index contributed by atoms with van der Waals surface area (Å²) in [6, 6.07) is 62.8. The van der Waals surface area contributed by atoms with Crippen LogP contribution in [0.15, 0.2) is 170 Å². The maximum atomic E-state index is 2.40. The largest absolute Gasteiger partial charge is 0.0616 e. The number of rotatable bonds is 3. The molecular formula is C46H28. The first-order chi connectivity index (χ1) is 22.8. The third kappa shape index (κ3) is 3.68. The van der Waals surface area contributed by atoms with Crippen LogP contribution in [0, 0.1) is 0 Å². The molecule has 1 aliphatic rings. The molecule has 0 saturated heterocycles. The second kappa shape index (κ2) is 9.76. The van der Waals surface area contributed by atoms with Crippen LogP contribution in [0.4, 0.5) is 0 Å². The molecule has 0 aromatic heterocycles. The Morgan fingerprint density at radius 2 is 0.739 bits per heavy atom. The molecule has 0 unspecified atom stereocenters. The van der Waals surface area contributed by atoms with Crippen molar-refractivity contribution in [3.05, 3.63) is 170 Å². The Hall–Kier alpha value is -5.98. The summed E-state index contributed by atoms with van der Waals surface area (Å²) in [7, 11) is 0. The zero-order valence-corrected chi connectivity index (χ0v) is 25.2. The van der Waals surface area contributed by atoms with E-state index < -0.39 is 0 Å². The molecule has 1 aliphatic carbocycles. The number of hydrogen-bond acceptors (Lipinski definition) is 0. The minimum Gasteiger partial charge on any atom is -0.0616 e. The van der Waals surface area contributed by atoms with E-state index in [1.54, 1.807) is 0 Å². The molecule has 0 N–H and O–H groups in total. The molecule has 0 saturated carbocycles. The van der Waals surface area contributed by atoms with E-state index >= 15 is 0 Å². The van der Waals surface area contributed by atoms with Gasteiger partial charge < -0.3 is 0 Å². The number of hydrogen-bond donors (Lipinski definition) is 0. The van der Waals surface area contributed by atoms with E-state index in [9.17, 15) is 0 Å². The summed E-state index contributed by atoms with van der Waals surface area (Å²) in [5.74, 6) is 0. The van der Waals surface area contributed by atoms with E-state index in [0.717, 1.165) is 0 Å². The molecule has 0 spiro atoms. The molecule has 0 heterocycles. The fourth-order valence-electron chi connectivity index (χ4n) is 7.93. The summed E-state index contributed by atoms with van der Waals surface area (Å²) in [6.07, 6.45) is 0. The fraction of sp³-hybridized carbons (Fsp3) is 0. The van der Waals surface area contributed by atoms with Crippen LogP contribution in [-0.4, -0.2) is 0 Å². The van der Waals surface area contributed by atoms with Gasteiger partial charge in [0.2, 0.25) is 0 Å². The first-order valence-corrected chi connectivity index (χ1v) is 16.0. The van der Waals surface area contributed by atoms with Crippen molar-refractivity contribution in [3.8, 4) is 55.6 Å². The van der Waals surface area contributed by atoms with Crippen LogP contribution in [0.3, 0.4) is 0 Å². The van der Waals surface area contributed by atoms with Crippen molar-refractivity contribution in [2.45, 2.75) is 0 Å². The summed E-state index contributed by atoms with van der Waals surface area (Å²) in [4.78, 5) is 0. The fourth-order valence-corrected chi connectivity index (χ4v) is 7.93. The van der Waals surface area contributed by atoms with Gasteiger partial charge in [0.05, 0.1) is 0 Å². The van der Waals surface area contributed by atoms with Gasteiger partial charge in [0, 0.05) is 0 Å². The predicted octanol–water partition coefficient (Wildman–Crippen LogP) is 12.9. The van der Waals surface area contributed by atoms with Crippen molar-refractivity contribution < 1.29 is 0 Å². The Morgan fingerprint density at radius 1 is 0.239 bits per heavy atom. The molecule has 0 bridgehead atoms. The van der Waals surface area contributed by atoms with E-state index in [4.69, 9.17) is 0 Å². The first kappa shape index (κ1) is 25.4. The van der Waals surface area contributed by atoms with Gasteiger partial charge in [-0.25, -0.2) is 0 Å². The summed E-state index contributed by atoms with van der Waals surface area (Å²) in [5, 5.41) is 10.3. The Labute approximate surface area is 267 Å². The highest BCUT2D eigenvalue weighted by Crippen LogP contribution is 2.49. The summed E-state index contributed by atoms with van der Waals surface area (Å²) >= 11 is 0. The molecule has 0 amide bonds. The third-order valence-corrected chi connectivity index (χ3v) is 9.94. The van der Waals surface area contributed by atoms with Crippen LogP contribution in [0.25, 0.3) is 98.7 Å². The number of fused-ring (bicyclic) bond motifs is 6. The molecule has 212 valence electrons. The molecule has 9 aromatic carbocycles. The second-order valence-corrected chi connectivity index (χ2v) is 12.5. The van der Waals surface area contributed by atoms with Crippen LogP contribution < -0.4 is 0 Å². The Balaban J connectivity index is 1.21. The van der Waals surface area contributed by atoms with E-state index in [1.165, 1.54) is 98.7 Å². The van der Waals surface area contributed by atoms with Gasteiger partial charge in [0.1, 0.15) is 0 Å². The van der Waals surface area contributed by atoms with Crippen molar-refractivity contribution >= 4 is 43.1 Å².